The maximum Gasteiger partial charge on any atom is 0.170 e. The van der Waals surface area contributed by atoms with Gasteiger partial charge in [-0.1, -0.05) is 60.7 Å². The molecule has 24 heavy (non-hydrogen) atoms. The van der Waals surface area contributed by atoms with Crippen LogP contribution in [0.2, 0.25) is 0 Å². The van der Waals surface area contributed by atoms with Crippen molar-refractivity contribution in [3.8, 4) is 0 Å². The predicted molar refractivity (Wildman–Crippen MR) is 94.5 cm³/mol. The van der Waals surface area contributed by atoms with Crippen LogP contribution in [-0.4, -0.2) is 30.4 Å². The lowest BCUT2D eigenvalue weighted by molar-refractivity contribution is -0.175. The SMILES string of the molecule is c1ccc(CN2CCCC3(CC2)OC[C@@H](c2ccccc2)O3)cc1. The Hall–Kier alpha value is -1.68. The molecule has 0 amide bonds. The van der Waals surface area contributed by atoms with E-state index in [1.165, 1.54) is 11.1 Å². The average Bonchev–Trinajstić information content (AvgIpc) is 2.95. The second kappa shape index (κ2) is 7.06. The highest BCUT2D eigenvalue weighted by Crippen LogP contribution is 2.40. The molecule has 2 aromatic rings. The van der Waals surface area contributed by atoms with Crippen LogP contribution in [-0.2, 0) is 16.0 Å². The predicted octanol–water partition coefficient (Wildman–Crippen LogP) is 4.16. The van der Waals surface area contributed by atoms with E-state index < -0.39 is 0 Å². The molecule has 0 radical (unpaired) electrons. The molecule has 0 bridgehead atoms. The number of rotatable bonds is 3. The Kier molecular flexibility index (Phi) is 4.65. The molecule has 3 nitrogen and oxygen atoms in total. The fourth-order valence-electron chi connectivity index (χ4n) is 3.79. The third-order valence-electron chi connectivity index (χ3n) is 5.12. The van der Waals surface area contributed by atoms with Gasteiger partial charge >= 0.3 is 0 Å². The molecule has 2 fully saturated rings. The lowest BCUT2D eigenvalue weighted by Crippen LogP contribution is -2.32. The normalized spacial score (nSPS) is 28.1. The molecule has 1 unspecified atom stereocenters. The molecule has 2 heterocycles. The maximum absolute atomic E-state index is 6.41. The zero-order chi connectivity index (χ0) is 16.2. The Morgan fingerprint density at radius 3 is 2.46 bits per heavy atom. The van der Waals surface area contributed by atoms with Gasteiger partial charge in [0.15, 0.2) is 5.79 Å². The number of ether oxygens (including phenoxy) is 2. The molecule has 2 saturated heterocycles. The van der Waals surface area contributed by atoms with Gasteiger partial charge in [0.05, 0.1) is 6.61 Å². The molecule has 2 aromatic carbocycles. The minimum absolute atomic E-state index is 0.0758. The Labute approximate surface area is 144 Å². The van der Waals surface area contributed by atoms with Crippen LogP contribution < -0.4 is 0 Å². The molecular weight excluding hydrogens is 298 g/mol. The molecule has 2 aliphatic rings. The molecule has 126 valence electrons. The molecule has 1 spiro atoms. The number of benzene rings is 2. The number of nitrogens with zero attached hydrogens (tertiary/aromatic N) is 1. The summed E-state index contributed by atoms with van der Waals surface area (Å²) in [6, 6.07) is 21.1. The van der Waals surface area contributed by atoms with Crippen molar-refractivity contribution in [3.63, 3.8) is 0 Å². The van der Waals surface area contributed by atoms with Gasteiger partial charge in [-0.3, -0.25) is 4.90 Å². The molecule has 3 heteroatoms. The van der Waals surface area contributed by atoms with Crippen molar-refractivity contribution in [2.75, 3.05) is 19.7 Å². The summed E-state index contributed by atoms with van der Waals surface area (Å²) in [7, 11) is 0. The van der Waals surface area contributed by atoms with Crippen LogP contribution in [0.5, 0.6) is 0 Å². The average molecular weight is 323 g/mol. The second-order valence-corrected chi connectivity index (χ2v) is 6.85. The van der Waals surface area contributed by atoms with Crippen LogP contribution >= 0.6 is 0 Å². The minimum Gasteiger partial charge on any atom is -0.347 e. The van der Waals surface area contributed by atoms with E-state index in [0.717, 1.165) is 38.9 Å². The van der Waals surface area contributed by atoms with Gasteiger partial charge in [0.1, 0.15) is 6.10 Å². The molecule has 2 aliphatic heterocycles. The highest BCUT2D eigenvalue weighted by atomic mass is 16.7. The van der Waals surface area contributed by atoms with Crippen molar-refractivity contribution in [1.82, 2.24) is 4.90 Å². The Morgan fingerprint density at radius 2 is 1.67 bits per heavy atom. The van der Waals surface area contributed by atoms with Gasteiger partial charge in [-0.2, -0.15) is 0 Å². The summed E-state index contributed by atoms with van der Waals surface area (Å²) in [6.45, 7) is 3.82. The van der Waals surface area contributed by atoms with Crippen LogP contribution in [0, 0.1) is 0 Å². The standard InChI is InChI=1S/C21H25NO2/c1-3-8-18(9-4-1)16-22-14-7-12-21(13-15-22)23-17-20(24-21)19-10-5-2-6-11-19/h1-6,8-11,20H,7,12-17H2/t20-,21?/m0/s1. The molecule has 4 rings (SSSR count). The van der Waals surface area contributed by atoms with Gasteiger partial charge in [0, 0.05) is 25.9 Å². The third kappa shape index (κ3) is 3.54. The molecule has 0 aromatic heterocycles. The van der Waals surface area contributed by atoms with Crippen LogP contribution in [0.3, 0.4) is 0 Å². The summed E-state index contributed by atoms with van der Waals surface area (Å²) in [6.07, 6.45) is 3.13. The second-order valence-electron chi connectivity index (χ2n) is 6.85. The van der Waals surface area contributed by atoms with Crippen LogP contribution in [0.15, 0.2) is 60.7 Å². The van der Waals surface area contributed by atoms with Crippen LogP contribution in [0.1, 0.15) is 36.5 Å². The molecular formula is C21H25NO2. The van der Waals surface area contributed by atoms with E-state index in [4.69, 9.17) is 9.47 Å². The highest BCUT2D eigenvalue weighted by Gasteiger charge is 2.42. The summed E-state index contributed by atoms with van der Waals surface area (Å²) in [5.41, 5.74) is 2.60. The van der Waals surface area contributed by atoms with E-state index >= 15 is 0 Å². The fraction of sp³-hybridized carbons (Fsp3) is 0.429. The fourth-order valence-corrected chi connectivity index (χ4v) is 3.79. The van der Waals surface area contributed by atoms with Crippen molar-refractivity contribution in [3.05, 3.63) is 71.8 Å². The van der Waals surface area contributed by atoms with E-state index in [-0.39, 0.29) is 11.9 Å². The topological polar surface area (TPSA) is 21.7 Å². The van der Waals surface area contributed by atoms with E-state index in [9.17, 15) is 0 Å². The lowest BCUT2D eigenvalue weighted by Gasteiger charge is -2.27. The largest absolute Gasteiger partial charge is 0.347 e. The van der Waals surface area contributed by atoms with Crippen LogP contribution in [0.4, 0.5) is 0 Å². The lowest BCUT2D eigenvalue weighted by atomic mass is 10.1. The first-order valence-electron chi connectivity index (χ1n) is 8.96. The van der Waals surface area contributed by atoms with Crippen molar-refractivity contribution in [1.29, 1.82) is 0 Å². The van der Waals surface area contributed by atoms with Crippen molar-refractivity contribution >= 4 is 0 Å². The van der Waals surface area contributed by atoms with E-state index in [0.29, 0.717) is 6.61 Å². The number of likely N-dealkylation sites (tertiary alicyclic amines) is 1. The summed E-state index contributed by atoms with van der Waals surface area (Å²) in [5.74, 6) is -0.383. The van der Waals surface area contributed by atoms with Gasteiger partial charge in [-0.05, 0) is 24.1 Å². The summed E-state index contributed by atoms with van der Waals surface area (Å²) in [5, 5.41) is 0. The van der Waals surface area contributed by atoms with Gasteiger partial charge < -0.3 is 9.47 Å². The monoisotopic (exact) mass is 323 g/mol. The first-order chi connectivity index (χ1) is 11.8. The number of hydrogen-bond donors (Lipinski definition) is 0. The number of hydrogen-bond acceptors (Lipinski definition) is 3. The zero-order valence-corrected chi connectivity index (χ0v) is 14.1. The first-order valence-corrected chi connectivity index (χ1v) is 8.96. The first kappa shape index (κ1) is 15.8. The van der Waals surface area contributed by atoms with E-state index in [1.54, 1.807) is 0 Å². The van der Waals surface area contributed by atoms with Crippen molar-refractivity contribution in [2.45, 2.75) is 37.7 Å². The third-order valence-corrected chi connectivity index (χ3v) is 5.12. The Morgan fingerprint density at radius 1 is 0.917 bits per heavy atom. The maximum atomic E-state index is 6.41. The smallest absolute Gasteiger partial charge is 0.170 e. The van der Waals surface area contributed by atoms with Gasteiger partial charge in [-0.25, -0.2) is 0 Å². The molecule has 0 N–H and O–H groups in total. The van der Waals surface area contributed by atoms with Crippen molar-refractivity contribution in [2.24, 2.45) is 0 Å². The van der Waals surface area contributed by atoms with Gasteiger partial charge in [0.25, 0.3) is 0 Å². The Balaban J connectivity index is 1.38. The Bertz CT molecular complexity index is 645. The van der Waals surface area contributed by atoms with Gasteiger partial charge in [0.2, 0.25) is 0 Å². The van der Waals surface area contributed by atoms with Crippen molar-refractivity contribution < 1.29 is 9.47 Å². The molecule has 0 aliphatic carbocycles. The highest BCUT2D eigenvalue weighted by molar-refractivity contribution is 5.18. The summed E-state index contributed by atoms with van der Waals surface area (Å²) < 4.78 is 12.6. The molecule has 0 saturated carbocycles. The quantitative estimate of drug-likeness (QED) is 0.847. The van der Waals surface area contributed by atoms with E-state index in [2.05, 4.69) is 59.5 Å². The van der Waals surface area contributed by atoms with E-state index in [1.807, 2.05) is 6.07 Å². The minimum atomic E-state index is -0.383. The van der Waals surface area contributed by atoms with Crippen LogP contribution in [0.25, 0.3) is 0 Å². The zero-order valence-electron chi connectivity index (χ0n) is 14.1. The molecule has 2 atom stereocenters. The summed E-state index contributed by atoms with van der Waals surface area (Å²) in [4.78, 5) is 2.52. The summed E-state index contributed by atoms with van der Waals surface area (Å²) >= 11 is 0. The van der Waals surface area contributed by atoms with Gasteiger partial charge in [-0.15, -0.1) is 0 Å².